The van der Waals surface area contributed by atoms with E-state index < -0.39 is 23.7 Å². The van der Waals surface area contributed by atoms with Crippen molar-refractivity contribution in [2.45, 2.75) is 25.4 Å². The highest BCUT2D eigenvalue weighted by molar-refractivity contribution is 5.99. The van der Waals surface area contributed by atoms with Gasteiger partial charge in [0.2, 0.25) is 0 Å². The maximum absolute atomic E-state index is 14.3. The Labute approximate surface area is 169 Å². The lowest BCUT2D eigenvalue weighted by molar-refractivity contribution is -0.141. The number of carbonyl (C=O) groups excluding carboxylic acids is 1. The van der Waals surface area contributed by atoms with E-state index in [-0.39, 0.29) is 17.3 Å². The number of rotatable bonds is 7. The highest BCUT2D eigenvalue weighted by Gasteiger charge is 2.33. The number of hydrogen-bond donors (Lipinski definition) is 2. The second-order valence-corrected chi connectivity index (χ2v) is 6.60. The number of carbonyl (C=O) groups is 1. The Kier molecular flexibility index (Phi) is 6.34. The summed E-state index contributed by atoms with van der Waals surface area (Å²) in [6, 6.07) is 3.43. The molecule has 0 bridgehead atoms. The number of amides is 2. The Morgan fingerprint density at radius 1 is 1.23 bits per heavy atom. The fourth-order valence-corrected chi connectivity index (χ4v) is 2.45. The normalized spacial score (nSPS) is 14.2. The predicted octanol–water partition coefficient (Wildman–Crippen LogP) is 5.53. The molecule has 0 unspecified atom stereocenters. The Morgan fingerprint density at radius 2 is 2.00 bits per heavy atom. The molecule has 2 amide bonds. The van der Waals surface area contributed by atoms with E-state index in [1.165, 1.54) is 31.1 Å². The van der Waals surface area contributed by atoms with Gasteiger partial charge in [0, 0.05) is 17.8 Å². The van der Waals surface area contributed by atoms with Crippen molar-refractivity contribution in [2.75, 3.05) is 10.6 Å². The standard InChI is InChI=1S/C20H18F4N4O2/c1-2-14(7-5-12-3-4-12)30-16-8-6-13(9-15(16)21)27-19(29)28-18-10-17(20(22,23)24)25-11-26-18/h2,6-12H,1,3-5H2,(H2,25,26,27,28,29)/b14-7+. The number of ether oxygens (including phenoxy) is 1. The predicted molar refractivity (Wildman–Crippen MR) is 102 cm³/mol. The SMILES string of the molecule is C=C/C(=C\CC1CC1)Oc1ccc(NC(=O)Nc2cc(C(F)(F)F)ncn2)cc1F. The summed E-state index contributed by atoms with van der Waals surface area (Å²) in [5.41, 5.74) is -1.13. The molecule has 6 nitrogen and oxygen atoms in total. The number of allylic oxidation sites excluding steroid dienone is 2. The molecule has 0 radical (unpaired) electrons. The molecule has 30 heavy (non-hydrogen) atoms. The van der Waals surface area contributed by atoms with Crippen LogP contribution in [0.25, 0.3) is 0 Å². The minimum Gasteiger partial charge on any atom is -0.455 e. The second-order valence-electron chi connectivity index (χ2n) is 6.60. The topological polar surface area (TPSA) is 76.1 Å². The number of nitrogens with zero attached hydrogens (tertiary/aromatic N) is 2. The summed E-state index contributed by atoms with van der Waals surface area (Å²) in [5, 5.41) is 4.44. The van der Waals surface area contributed by atoms with Crippen LogP contribution in [0.2, 0.25) is 0 Å². The maximum atomic E-state index is 14.3. The Bertz CT molecular complexity index is 972. The van der Waals surface area contributed by atoms with Crippen molar-refractivity contribution >= 4 is 17.5 Å². The number of anilines is 2. The van der Waals surface area contributed by atoms with Gasteiger partial charge < -0.3 is 10.1 Å². The first-order chi connectivity index (χ1) is 14.2. The van der Waals surface area contributed by atoms with Crippen LogP contribution < -0.4 is 15.4 Å². The van der Waals surface area contributed by atoms with Gasteiger partial charge in [-0.25, -0.2) is 19.2 Å². The van der Waals surface area contributed by atoms with Crippen molar-refractivity contribution in [1.29, 1.82) is 0 Å². The summed E-state index contributed by atoms with van der Waals surface area (Å²) in [4.78, 5) is 18.6. The van der Waals surface area contributed by atoms with Crippen LogP contribution >= 0.6 is 0 Å². The molecule has 0 atom stereocenters. The van der Waals surface area contributed by atoms with Gasteiger partial charge in [-0.2, -0.15) is 13.2 Å². The van der Waals surface area contributed by atoms with Gasteiger partial charge >= 0.3 is 12.2 Å². The van der Waals surface area contributed by atoms with Crippen LogP contribution in [0.5, 0.6) is 5.75 Å². The van der Waals surface area contributed by atoms with Gasteiger partial charge in [0.25, 0.3) is 0 Å². The first-order valence-electron chi connectivity index (χ1n) is 9.02. The summed E-state index contributed by atoms with van der Waals surface area (Å²) in [7, 11) is 0. The van der Waals surface area contributed by atoms with Crippen LogP contribution in [0.4, 0.5) is 33.9 Å². The van der Waals surface area contributed by atoms with E-state index in [0.717, 1.165) is 12.5 Å². The lowest BCUT2D eigenvalue weighted by atomic mass is 10.2. The van der Waals surface area contributed by atoms with Gasteiger partial charge in [-0.05, 0) is 49.5 Å². The number of benzene rings is 1. The number of halogens is 4. The van der Waals surface area contributed by atoms with Gasteiger partial charge in [-0.1, -0.05) is 6.58 Å². The zero-order chi connectivity index (χ0) is 21.7. The number of urea groups is 1. The molecular formula is C20H18F4N4O2. The summed E-state index contributed by atoms with van der Waals surface area (Å²) >= 11 is 0. The van der Waals surface area contributed by atoms with Crippen LogP contribution in [0.15, 0.2) is 55.1 Å². The third-order valence-corrected chi connectivity index (χ3v) is 4.17. The number of alkyl halides is 3. The van der Waals surface area contributed by atoms with Crippen molar-refractivity contribution in [2.24, 2.45) is 5.92 Å². The summed E-state index contributed by atoms with van der Waals surface area (Å²) < 4.78 is 57.8. The van der Waals surface area contributed by atoms with Crippen LogP contribution in [-0.2, 0) is 6.18 Å². The minimum atomic E-state index is -4.67. The van der Waals surface area contributed by atoms with Crippen LogP contribution in [-0.4, -0.2) is 16.0 Å². The molecule has 0 aliphatic heterocycles. The molecule has 1 aliphatic rings. The van der Waals surface area contributed by atoms with Crippen LogP contribution in [0.1, 0.15) is 25.0 Å². The quantitative estimate of drug-likeness (QED) is 0.350. The summed E-state index contributed by atoms with van der Waals surface area (Å²) in [6.45, 7) is 3.64. The molecule has 2 N–H and O–H groups in total. The number of nitrogens with one attached hydrogen (secondary N) is 2. The third-order valence-electron chi connectivity index (χ3n) is 4.17. The van der Waals surface area contributed by atoms with Crippen molar-refractivity contribution in [3.63, 3.8) is 0 Å². The van der Waals surface area contributed by atoms with Gasteiger partial charge in [0.15, 0.2) is 11.6 Å². The molecule has 1 saturated carbocycles. The minimum absolute atomic E-state index is 0.0477. The van der Waals surface area contributed by atoms with Crippen molar-refractivity contribution in [1.82, 2.24) is 9.97 Å². The molecule has 0 spiro atoms. The van der Waals surface area contributed by atoms with Gasteiger partial charge in [0.1, 0.15) is 23.6 Å². The smallest absolute Gasteiger partial charge is 0.433 e. The van der Waals surface area contributed by atoms with E-state index in [4.69, 9.17) is 4.74 Å². The van der Waals surface area contributed by atoms with Crippen LogP contribution in [0.3, 0.4) is 0 Å². The van der Waals surface area contributed by atoms with E-state index in [1.54, 1.807) is 0 Å². The molecule has 2 aromatic rings. The van der Waals surface area contributed by atoms with Crippen molar-refractivity contribution in [3.8, 4) is 5.75 Å². The summed E-state index contributed by atoms with van der Waals surface area (Å²) in [5.74, 6) is -0.0578. The van der Waals surface area contributed by atoms with Crippen LogP contribution in [0, 0.1) is 11.7 Å². The Morgan fingerprint density at radius 3 is 2.63 bits per heavy atom. The molecule has 158 valence electrons. The summed E-state index contributed by atoms with van der Waals surface area (Å²) in [6.07, 6.45) is 2.51. The van der Waals surface area contributed by atoms with E-state index in [0.29, 0.717) is 24.1 Å². The van der Waals surface area contributed by atoms with Crippen molar-refractivity contribution in [3.05, 3.63) is 66.6 Å². The van der Waals surface area contributed by atoms with Crippen molar-refractivity contribution < 1.29 is 27.1 Å². The molecule has 10 heteroatoms. The first kappa shape index (κ1) is 21.3. The molecule has 3 rings (SSSR count). The lowest BCUT2D eigenvalue weighted by Crippen LogP contribution is -2.21. The molecule has 1 fully saturated rings. The van der Waals surface area contributed by atoms with Gasteiger partial charge in [0.05, 0.1) is 0 Å². The first-order valence-corrected chi connectivity index (χ1v) is 9.02. The molecular weight excluding hydrogens is 404 g/mol. The van der Waals surface area contributed by atoms with Gasteiger partial charge in [-0.15, -0.1) is 0 Å². The zero-order valence-electron chi connectivity index (χ0n) is 15.7. The zero-order valence-corrected chi connectivity index (χ0v) is 15.7. The highest BCUT2D eigenvalue weighted by Crippen LogP contribution is 2.33. The number of aromatic nitrogens is 2. The molecule has 1 aromatic heterocycles. The Hall–Kier alpha value is -3.43. The second kappa shape index (κ2) is 8.93. The fourth-order valence-electron chi connectivity index (χ4n) is 2.45. The molecule has 1 aromatic carbocycles. The lowest BCUT2D eigenvalue weighted by Gasteiger charge is -2.11. The average Bonchev–Trinajstić information content (AvgIpc) is 3.50. The molecule has 1 aliphatic carbocycles. The maximum Gasteiger partial charge on any atom is 0.433 e. The third kappa shape index (κ3) is 6.03. The van der Waals surface area contributed by atoms with E-state index in [2.05, 4.69) is 27.2 Å². The fraction of sp³-hybridized carbons (Fsp3) is 0.250. The molecule has 0 saturated heterocycles. The monoisotopic (exact) mass is 422 g/mol. The highest BCUT2D eigenvalue weighted by atomic mass is 19.4. The van der Waals surface area contributed by atoms with E-state index >= 15 is 0 Å². The molecule has 1 heterocycles. The average molecular weight is 422 g/mol. The van der Waals surface area contributed by atoms with Gasteiger partial charge in [-0.3, -0.25) is 5.32 Å². The van der Waals surface area contributed by atoms with E-state index in [9.17, 15) is 22.4 Å². The largest absolute Gasteiger partial charge is 0.455 e. The van der Waals surface area contributed by atoms with E-state index in [1.807, 2.05) is 6.08 Å². The Balaban J connectivity index is 1.61. The number of hydrogen-bond acceptors (Lipinski definition) is 4.